The number of carbonyl (C=O) groups is 2. The molecule has 0 spiro atoms. The van der Waals surface area contributed by atoms with Crippen LogP contribution in [0.2, 0.25) is 0 Å². The quantitative estimate of drug-likeness (QED) is 0.659. The average Bonchev–Trinajstić information content (AvgIpc) is 3.62. The van der Waals surface area contributed by atoms with E-state index < -0.39 is 24.5 Å². The molecular weight excluding hydrogens is 434 g/mol. The predicted molar refractivity (Wildman–Crippen MR) is 116 cm³/mol. The van der Waals surface area contributed by atoms with Crippen molar-refractivity contribution in [3.8, 4) is 17.0 Å². The normalized spacial score (nSPS) is 19.8. The van der Waals surface area contributed by atoms with Crippen LogP contribution in [-0.2, 0) is 9.59 Å². The van der Waals surface area contributed by atoms with Gasteiger partial charge in [0.1, 0.15) is 17.9 Å². The number of aryl methyl sites for hydroxylation is 1. The summed E-state index contributed by atoms with van der Waals surface area (Å²) in [5.41, 5.74) is 1.98. The number of ether oxygens (including phenoxy) is 1. The molecule has 4 rings (SSSR count). The van der Waals surface area contributed by atoms with Gasteiger partial charge in [-0.15, -0.1) is 0 Å². The molecular formula is C23H26F2N4O4. The summed E-state index contributed by atoms with van der Waals surface area (Å²) >= 11 is 0. The minimum absolute atomic E-state index is 0.0126. The largest absolute Gasteiger partial charge is 0.484 e. The van der Waals surface area contributed by atoms with Gasteiger partial charge in [0.2, 0.25) is 11.8 Å². The second-order valence-corrected chi connectivity index (χ2v) is 8.48. The summed E-state index contributed by atoms with van der Waals surface area (Å²) in [6.07, 6.45) is 1.61. The number of benzene rings is 1. The highest BCUT2D eigenvalue weighted by Crippen LogP contribution is 2.34. The van der Waals surface area contributed by atoms with Crippen LogP contribution in [0.4, 0.5) is 14.6 Å². The van der Waals surface area contributed by atoms with E-state index in [9.17, 15) is 18.4 Å². The summed E-state index contributed by atoms with van der Waals surface area (Å²) in [5.74, 6) is -2.96. The first-order valence-electron chi connectivity index (χ1n) is 10.9. The second-order valence-electron chi connectivity index (χ2n) is 8.48. The number of amides is 2. The minimum Gasteiger partial charge on any atom is -0.484 e. The standard InChI is InChI=1S/C23H26F2N4O4/c1-14-10-16(17-11-20(27-13-26-17)28-22(32)15-2-3-15)4-5-18(14)33-19-6-8-29(12-23(19,24)25)21(31)7-9-30/h4-5,10-11,13,15,19,30H,2-3,6-9,12H2,1H3,(H,26,27,28,32)/t19-/m0/s1. The summed E-state index contributed by atoms with van der Waals surface area (Å²) in [4.78, 5) is 33.2. The molecule has 1 aliphatic carbocycles. The fraction of sp³-hybridized carbons (Fsp3) is 0.478. The first-order valence-corrected chi connectivity index (χ1v) is 10.9. The number of hydrogen-bond acceptors (Lipinski definition) is 6. The molecule has 2 aromatic rings. The molecule has 2 fully saturated rings. The SMILES string of the molecule is Cc1cc(-c2cc(NC(=O)C3CC3)ncn2)ccc1O[C@H]1CCN(C(=O)CCO)CC1(F)F. The smallest absolute Gasteiger partial charge is 0.301 e. The molecule has 10 heteroatoms. The van der Waals surface area contributed by atoms with E-state index in [4.69, 9.17) is 9.84 Å². The van der Waals surface area contributed by atoms with E-state index in [1.54, 1.807) is 31.2 Å². The molecule has 0 radical (unpaired) electrons. The number of aliphatic hydroxyl groups is 1. The lowest BCUT2D eigenvalue weighted by Gasteiger charge is -2.38. The van der Waals surface area contributed by atoms with Crippen LogP contribution in [0.15, 0.2) is 30.6 Å². The lowest BCUT2D eigenvalue weighted by Crippen LogP contribution is -2.55. The van der Waals surface area contributed by atoms with Crippen LogP contribution in [0.5, 0.6) is 5.75 Å². The average molecular weight is 460 g/mol. The van der Waals surface area contributed by atoms with Gasteiger partial charge in [0.15, 0.2) is 6.10 Å². The summed E-state index contributed by atoms with van der Waals surface area (Å²) in [6, 6.07) is 6.79. The molecule has 0 unspecified atom stereocenters. The highest BCUT2D eigenvalue weighted by Gasteiger charge is 2.47. The summed E-state index contributed by atoms with van der Waals surface area (Å²) in [7, 11) is 0. The van der Waals surface area contributed by atoms with Crippen molar-refractivity contribution in [2.24, 2.45) is 5.92 Å². The van der Waals surface area contributed by atoms with Gasteiger partial charge in [0.05, 0.1) is 18.8 Å². The van der Waals surface area contributed by atoms with Gasteiger partial charge in [0, 0.05) is 36.9 Å². The number of nitrogens with one attached hydrogen (secondary N) is 1. The van der Waals surface area contributed by atoms with Crippen molar-refractivity contribution in [1.29, 1.82) is 0 Å². The number of likely N-dealkylation sites (tertiary alicyclic amines) is 1. The predicted octanol–water partition coefficient (Wildman–Crippen LogP) is 2.80. The number of carbonyl (C=O) groups excluding carboxylic acids is 2. The lowest BCUT2D eigenvalue weighted by molar-refractivity contribution is -0.160. The topological polar surface area (TPSA) is 105 Å². The van der Waals surface area contributed by atoms with E-state index >= 15 is 0 Å². The highest BCUT2D eigenvalue weighted by molar-refractivity contribution is 5.93. The molecule has 1 saturated heterocycles. The van der Waals surface area contributed by atoms with E-state index in [1.807, 2.05) is 0 Å². The van der Waals surface area contributed by atoms with Crippen LogP contribution >= 0.6 is 0 Å². The maximum absolute atomic E-state index is 14.7. The molecule has 2 N–H and O–H groups in total. The maximum Gasteiger partial charge on any atom is 0.301 e. The number of alkyl halides is 2. The zero-order chi connectivity index (χ0) is 23.6. The summed E-state index contributed by atoms with van der Waals surface area (Å²) in [6.45, 7) is 0.803. The Morgan fingerprint density at radius 3 is 2.70 bits per heavy atom. The molecule has 2 heterocycles. The molecule has 1 aromatic heterocycles. The van der Waals surface area contributed by atoms with Gasteiger partial charge in [-0.25, -0.2) is 18.7 Å². The van der Waals surface area contributed by atoms with Gasteiger partial charge < -0.3 is 20.1 Å². The number of anilines is 1. The molecule has 1 saturated carbocycles. The van der Waals surface area contributed by atoms with Gasteiger partial charge >= 0.3 is 5.92 Å². The van der Waals surface area contributed by atoms with Crippen LogP contribution in [0.25, 0.3) is 11.3 Å². The third kappa shape index (κ3) is 5.44. The summed E-state index contributed by atoms with van der Waals surface area (Å²) < 4.78 is 35.0. The van der Waals surface area contributed by atoms with Crippen molar-refractivity contribution < 1.29 is 28.2 Å². The fourth-order valence-electron chi connectivity index (χ4n) is 3.78. The Morgan fingerprint density at radius 1 is 1.24 bits per heavy atom. The van der Waals surface area contributed by atoms with Crippen molar-refractivity contribution in [2.45, 2.75) is 44.6 Å². The van der Waals surface area contributed by atoms with Gasteiger partial charge in [-0.3, -0.25) is 9.59 Å². The Morgan fingerprint density at radius 2 is 2.03 bits per heavy atom. The van der Waals surface area contributed by atoms with Crippen molar-refractivity contribution >= 4 is 17.6 Å². The number of piperidine rings is 1. The third-order valence-electron chi connectivity index (χ3n) is 5.82. The third-order valence-corrected chi connectivity index (χ3v) is 5.82. The zero-order valence-electron chi connectivity index (χ0n) is 18.3. The Labute approximate surface area is 190 Å². The zero-order valence-corrected chi connectivity index (χ0v) is 18.3. The second kappa shape index (κ2) is 9.38. The molecule has 0 bridgehead atoms. The maximum atomic E-state index is 14.7. The van der Waals surface area contributed by atoms with Gasteiger partial charge in [-0.05, 0) is 43.5 Å². The molecule has 1 aliphatic heterocycles. The van der Waals surface area contributed by atoms with E-state index in [0.717, 1.165) is 23.3 Å². The van der Waals surface area contributed by atoms with E-state index in [0.29, 0.717) is 22.8 Å². The molecule has 176 valence electrons. The molecule has 1 aromatic carbocycles. The number of hydrogen-bond donors (Lipinski definition) is 2. The number of rotatable bonds is 7. The first kappa shape index (κ1) is 23.0. The molecule has 33 heavy (non-hydrogen) atoms. The molecule has 2 amide bonds. The molecule has 8 nitrogen and oxygen atoms in total. The van der Waals surface area contributed by atoms with Gasteiger partial charge in [0.25, 0.3) is 0 Å². The lowest BCUT2D eigenvalue weighted by atomic mass is 10.0. The fourth-order valence-corrected chi connectivity index (χ4v) is 3.78. The van der Waals surface area contributed by atoms with Crippen LogP contribution in [-0.4, -0.2) is 63.5 Å². The van der Waals surface area contributed by atoms with Crippen molar-refractivity contribution in [3.05, 3.63) is 36.2 Å². The van der Waals surface area contributed by atoms with Crippen LogP contribution in [0, 0.1) is 12.8 Å². The van der Waals surface area contributed by atoms with Crippen LogP contribution in [0.3, 0.4) is 0 Å². The Balaban J connectivity index is 1.44. The van der Waals surface area contributed by atoms with Crippen molar-refractivity contribution in [3.63, 3.8) is 0 Å². The Hall–Kier alpha value is -3.14. The van der Waals surface area contributed by atoms with Gasteiger partial charge in [-0.2, -0.15) is 0 Å². The van der Waals surface area contributed by atoms with E-state index in [-0.39, 0.29) is 37.8 Å². The minimum atomic E-state index is -3.21. The Kier molecular flexibility index (Phi) is 6.55. The highest BCUT2D eigenvalue weighted by atomic mass is 19.3. The number of halogens is 2. The molecule has 1 atom stereocenters. The molecule has 2 aliphatic rings. The number of nitrogens with zero attached hydrogens (tertiary/aromatic N) is 3. The van der Waals surface area contributed by atoms with E-state index in [1.165, 1.54) is 6.33 Å². The summed E-state index contributed by atoms with van der Waals surface area (Å²) in [5, 5.41) is 11.7. The van der Waals surface area contributed by atoms with Crippen molar-refractivity contribution in [2.75, 3.05) is 25.0 Å². The van der Waals surface area contributed by atoms with E-state index in [2.05, 4.69) is 15.3 Å². The van der Waals surface area contributed by atoms with Gasteiger partial charge in [-0.1, -0.05) is 0 Å². The van der Waals surface area contributed by atoms with Crippen molar-refractivity contribution in [1.82, 2.24) is 14.9 Å². The number of aliphatic hydroxyl groups excluding tert-OH is 1. The monoisotopic (exact) mass is 460 g/mol. The Bertz CT molecular complexity index is 1040. The number of aromatic nitrogens is 2. The first-order chi connectivity index (χ1) is 15.8. The van der Waals surface area contributed by atoms with Crippen LogP contribution < -0.4 is 10.1 Å². The van der Waals surface area contributed by atoms with Crippen LogP contribution in [0.1, 0.15) is 31.2 Å².